The van der Waals surface area contributed by atoms with E-state index in [9.17, 15) is 0 Å². The highest BCUT2D eigenvalue weighted by molar-refractivity contribution is 7.07. The Bertz CT molecular complexity index is 1680. The van der Waals surface area contributed by atoms with Gasteiger partial charge in [-0.1, -0.05) is 113 Å². The van der Waals surface area contributed by atoms with Crippen molar-refractivity contribution in [1.82, 2.24) is 39.9 Å². The molecule has 0 unspecified atom stereocenters. The fourth-order valence-corrected chi connectivity index (χ4v) is 4.61. The summed E-state index contributed by atoms with van der Waals surface area (Å²) < 4.78 is 0. The molecule has 5 heterocycles. The van der Waals surface area contributed by atoms with E-state index < -0.39 is 0 Å². The number of rotatable bonds is 12. The highest BCUT2D eigenvalue weighted by Crippen LogP contribution is 2.10. The van der Waals surface area contributed by atoms with Gasteiger partial charge in [-0.15, -0.1) is 11.3 Å². The topological polar surface area (TPSA) is 146 Å². The Kier molecular flexibility index (Phi) is 37.0. The lowest BCUT2D eigenvalue weighted by atomic mass is 10.1. The van der Waals surface area contributed by atoms with Crippen LogP contribution in [0.3, 0.4) is 0 Å². The molecule has 0 aliphatic carbocycles. The van der Waals surface area contributed by atoms with Gasteiger partial charge in [0.2, 0.25) is 0 Å². The second kappa shape index (κ2) is 38.9. The van der Waals surface area contributed by atoms with E-state index in [1.54, 1.807) is 55.8 Å². The van der Waals surface area contributed by atoms with Gasteiger partial charge in [0.05, 0.1) is 16.9 Å². The molecular weight excluding hydrogens is 793 g/mol. The summed E-state index contributed by atoms with van der Waals surface area (Å²) in [7, 11) is 1.54. The van der Waals surface area contributed by atoms with Crippen molar-refractivity contribution in [1.29, 1.82) is 0 Å². The first-order valence-corrected chi connectivity index (χ1v) is 22.7. The molecule has 0 aliphatic rings. The Morgan fingerprint density at radius 1 is 0.613 bits per heavy atom. The summed E-state index contributed by atoms with van der Waals surface area (Å²) in [5, 5.41) is 9.32. The fraction of sp³-hybridized carbons (Fsp3) is 0.551. The molecule has 12 nitrogen and oxygen atoms in total. The van der Waals surface area contributed by atoms with Gasteiger partial charge in [0.15, 0.2) is 0 Å². The lowest BCUT2D eigenvalue weighted by molar-refractivity contribution is 0.159. The molecule has 5 aromatic heterocycles. The number of aromatic nitrogens is 8. The predicted molar refractivity (Wildman–Crippen MR) is 262 cm³/mol. The molecule has 62 heavy (non-hydrogen) atoms. The third-order valence-corrected chi connectivity index (χ3v) is 7.85. The average molecular weight is 873 g/mol. The zero-order valence-corrected chi connectivity index (χ0v) is 41.9. The van der Waals surface area contributed by atoms with Crippen LogP contribution in [0.15, 0.2) is 95.3 Å². The van der Waals surface area contributed by atoms with Gasteiger partial charge in [0.25, 0.3) is 0 Å². The van der Waals surface area contributed by atoms with Crippen molar-refractivity contribution in [3.8, 4) is 0 Å². The molecule has 344 valence electrons. The molecule has 13 heteroatoms. The number of pyridine rings is 1. The second-order valence-corrected chi connectivity index (χ2v) is 17.2. The van der Waals surface area contributed by atoms with Crippen LogP contribution in [0.2, 0.25) is 0 Å². The van der Waals surface area contributed by atoms with Crippen LogP contribution < -0.4 is 0 Å². The first-order valence-electron chi connectivity index (χ1n) is 21.7. The first-order chi connectivity index (χ1) is 29.4. The predicted octanol–water partition coefficient (Wildman–Crippen LogP) is 12.7. The van der Waals surface area contributed by atoms with Gasteiger partial charge < -0.3 is 9.68 Å². The Hall–Kier alpha value is -5.04. The van der Waals surface area contributed by atoms with Crippen LogP contribution in [-0.4, -0.2) is 66.0 Å². The molecule has 0 saturated heterocycles. The molecule has 5 rings (SSSR count). The van der Waals surface area contributed by atoms with E-state index in [1.807, 2.05) is 76.3 Å². The molecule has 0 aliphatic heterocycles. The summed E-state index contributed by atoms with van der Waals surface area (Å²) in [5.74, 6) is 4.78. The van der Waals surface area contributed by atoms with Crippen LogP contribution in [0.5, 0.6) is 0 Å². The van der Waals surface area contributed by atoms with E-state index in [-0.39, 0.29) is 0 Å². The van der Waals surface area contributed by atoms with Gasteiger partial charge in [0, 0.05) is 79.0 Å². The van der Waals surface area contributed by atoms with Crippen LogP contribution in [0.4, 0.5) is 0 Å². The second-order valence-electron chi connectivity index (χ2n) is 16.5. The van der Waals surface area contributed by atoms with Crippen molar-refractivity contribution in [3.63, 3.8) is 0 Å². The van der Waals surface area contributed by atoms with E-state index in [2.05, 4.69) is 150 Å². The minimum atomic E-state index is 0.431. The maximum absolute atomic E-state index is 4.71. The Morgan fingerprint density at radius 2 is 1.21 bits per heavy atom. The smallest absolute Gasteiger partial charge is 0.130 e. The van der Waals surface area contributed by atoms with Crippen molar-refractivity contribution in [2.75, 3.05) is 13.7 Å². The van der Waals surface area contributed by atoms with Crippen molar-refractivity contribution in [2.24, 2.45) is 34.0 Å². The highest BCUT2D eigenvalue weighted by Gasteiger charge is 2.00. The summed E-state index contributed by atoms with van der Waals surface area (Å²) in [5.41, 5.74) is 7.67. The number of nitrogens with zero attached hydrogens (tertiary/aromatic N) is 10. The normalized spacial score (nSPS) is 10.5. The largest absolute Gasteiger partial charge is 0.399 e. The first kappa shape index (κ1) is 59.1. The summed E-state index contributed by atoms with van der Waals surface area (Å²) >= 11 is 1.67. The van der Waals surface area contributed by atoms with E-state index in [1.165, 1.54) is 17.0 Å². The summed E-state index contributed by atoms with van der Waals surface area (Å²) in [6.45, 7) is 34.2. The van der Waals surface area contributed by atoms with Gasteiger partial charge in [-0.2, -0.15) is 0 Å². The Labute approximate surface area is 380 Å². The number of hydrogen-bond donors (Lipinski definition) is 0. The van der Waals surface area contributed by atoms with Crippen LogP contribution in [-0.2, 0) is 22.5 Å². The van der Waals surface area contributed by atoms with E-state index in [0.717, 1.165) is 35.8 Å². The zero-order chi connectivity index (χ0) is 47.1. The molecule has 0 spiro atoms. The number of aryl methyl sites for hydroxylation is 1. The van der Waals surface area contributed by atoms with Gasteiger partial charge in [-0.25, -0.2) is 24.9 Å². The van der Waals surface area contributed by atoms with Crippen molar-refractivity contribution < 1.29 is 9.68 Å². The number of hydrogen-bond acceptors (Lipinski definition) is 13. The van der Waals surface area contributed by atoms with Crippen LogP contribution in [0.25, 0.3) is 0 Å². The minimum Gasteiger partial charge on any atom is -0.399 e. The molecule has 0 N–H and O–H groups in total. The molecule has 0 bridgehead atoms. The minimum absolute atomic E-state index is 0.431. The lowest BCUT2D eigenvalue weighted by Crippen LogP contribution is -1.95. The number of thiazole rings is 1. The van der Waals surface area contributed by atoms with Gasteiger partial charge in [-0.05, 0) is 85.5 Å². The molecule has 5 aromatic rings. The van der Waals surface area contributed by atoms with Gasteiger partial charge in [-0.3, -0.25) is 15.0 Å². The van der Waals surface area contributed by atoms with Crippen LogP contribution >= 0.6 is 11.3 Å². The zero-order valence-electron chi connectivity index (χ0n) is 41.1. The third-order valence-electron chi connectivity index (χ3n) is 7.21. The maximum Gasteiger partial charge on any atom is 0.130 e. The Morgan fingerprint density at radius 3 is 1.58 bits per heavy atom. The molecule has 0 atom stereocenters. The quantitative estimate of drug-likeness (QED) is 0.0876. The number of oxime groups is 2. The molecule has 0 amide bonds. The molecule has 0 saturated carbocycles. The van der Waals surface area contributed by atoms with E-state index in [0.29, 0.717) is 42.1 Å². The molecule has 0 radical (unpaired) electrons. The van der Waals surface area contributed by atoms with Gasteiger partial charge in [0.1, 0.15) is 25.9 Å². The third kappa shape index (κ3) is 37.9. The lowest BCUT2D eigenvalue weighted by Gasteiger charge is -2.01. The molecule has 0 fully saturated rings. The monoisotopic (exact) mass is 873 g/mol. The molecular formula is C49H80N10O2S. The maximum atomic E-state index is 4.71. The average Bonchev–Trinajstić information content (AvgIpc) is 3.75. The fourth-order valence-electron chi connectivity index (χ4n) is 4.03. The highest BCUT2D eigenvalue weighted by atomic mass is 32.1. The van der Waals surface area contributed by atoms with Gasteiger partial charge >= 0.3 is 0 Å². The van der Waals surface area contributed by atoms with Crippen molar-refractivity contribution in [2.45, 2.75) is 141 Å². The Balaban J connectivity index is 0. The SMILES string of the molecule is CC(C)Cc1ccccn1.CC(C)Cc1cscn1.CC(C)c1cnccn1.CC(C)c1cncnc1.CCON=CC(C)C.CON=CC(C)C.Cc1cnc(C(C)C)nc1. The molecule has 0 aromatic carbocycles. The standard InChI is InChI=1S/C9H13N.C8H12N2.2C7H10N2.C7H11NS.C6H13NO.C5H11NO/c1-8(2)7-9-5-3-4-6-10-9;1-6(2)8-9-4-7(3)5-10-8;1-6(2)7-3-8-5-9-4-7;1-6(2)7-5-8-3-4-9-7;1-6(2)3-7-4-9-5-8-7;1-4-8-7-5-6(2)3;1-5(2)4-6-7-3/h3-6,8H,7H2,1-2H3;4-6H,1-3H3;2*3-6H,1-2H3;4-6H,3H2,1-2H3;5-6H,4H2,1-3H3;4-5H,1-3H3. The van der Waals surface area contributed by atoms with E-state index in [4.69, 9.17) is 4.84 Å². The van der Waals surface area contributed by atoms with E-state index >= 15 is 0 Å². The van der Waals surface area contributed by atoms with Crippen molar-refractivity contribution in [3.05, 3.63) is 119 Å². The summed E-state index contributed by atoms with van der Waals surface area (Å²) in [6, 6.07) is 6.05. The summed E-state index contributed by atoms with van der Waals surface area (Å²) in [6.07, 6.45) is 21.7. The summed E-state index contributed by atoms with van der Waals surface area (Å²) in [4.78, 5) is 41.7. The van der Waals surface area contributed by atoms with Crippen LogP contribution in [0.1, 0.15) is 156 Å². The van der Waals surface area contributed by atoms with Crippen LogP contribution in [0, 0.1) is 30.6 Å². The van der Waals surface area contributed by atoms with Crippen molar-refractivity contribution >= 4 is 23.8 Å².